The smallest absolute Gasteiger partial charge is 0.411 e. The zero-order valence-electron chi connectivity index (χ0n) is 18.8. The second kappa shape index (κ2) is 12.9. The Morgan fingerprint density at radius 2 is 1.85 bits per heavy atom. The Morgan fingerprint density at radius 1 is 1.09 bits per heavy atom. The molecule has 1 fully saturated rings. The molecule has 0 aromatic heterocycles. The summed E-state index contributed by atoms with van der Waals surface area (Å²) in [5.41, 5.74) is 6.79. The Hall–Kier alpha value is -2.22. The van der Waals surface area contributed by atoms with E-state index in [9.17, 15) is 13.6 Å². The standard InChI is InChI=1S/C25H32ClF2N3O2/c26-22-15-19(5-7-23(22)28)21-16-20(27)6-8-24(21)30-25(32)33-17-18-9-13-31(14-10-18)12-4-2-1-3-11-29/h5-8,15-16,18H,1-4,9-14,17,29H2,(H,30,32). The molecule has 8 heteroatoms. The van der Waals surface area contributed by atoms with Crippen LogP contribution in [0.1, 0.15) is 38.5 Å². The number of amides is 1. The highest BCUT2D eigenvalue weighted by Crippen LogP contribution is 2.31. The summed E-state index contributed by atoms with van der Waals surface area (Å²) in [7, 11) is 0. The van der Waals surface area contributed by atoms with E-state index in [0.29, 0.717) is 29.3 Å². The van der Waals surface area contributed by atoms with Crippen molar-refractivity contribution < 1.29 is 18.3 Å². The van der Waals surface area contributed by atoms with Crippen LogP contribution in [-0.2, 0) is 4.74 Å². The van der Waals surface area contributed by atoms with Crippen molar-refractivity contribution >= 4 is 23.4 Å². The largest absolute Gasteiger partial charge is 0.449 e. The summed E-state index contributed by atoms with van der Waals surface area (Å²) in [6.07, 6.45) is 6.09. The molecule has 2 aromatic carbocycles. The number of carbonyl (C=O) groups is 1. The number of hydrogen-bond acceptors (Lipinski definition) is 4. The highest BCUT2D eigenvalue weighted by molar-refractivity contribution is 6.31. The normalized spacial score (nSPS) is 14.9. The number of likely N-dealkylation sites (tertiary alicyclic amines) is 1. The van der Waals surface area contributed by atoms with Crippen molar-refractivity contribution in [2.24, 2.45) is 11.7 Å². The first-order chi connectivity index (χ1) is 16.0. The number of unbranched alkanes of at least 4 members (excludes halogenated alkanes) is 3. The number of nitrogens with two attached hydrogens (primary N) is 1. The van der Waals surface area contributed by atoms with E-state index in [-0.39, 0.29) is 5.02 Å². The van der Waals surface area contributed by atoms with E-state index in [1.165, 1.54) is 55.7 Å². The molecule has 3 rings (SSSR count). The molecule has 0 saturated carbocycles. The lowest BCUT2D eigenvalue weighted by molar-refractivity contribution is 0.104. The number of carbonyl (C=O) groups excluding carboxylic acids is 1. The van der Waals surface area contributed by atoms with Gasteiger partial charge in [-0.3, -0.25) is 5.32 Å². The first kappa shape index (κ1) is 25.4. The fourth-order valence-electron chi connectivity index (χ4n) is 4.08. The SMILES string of the molecule is NCCCCCCN1CCC(COC(=O)Nc2ccc(F)cc2-c2ccc(F)c(Cl)c2)CC1. The fourth-order valence-corrected chi connectivity index (χ4v) is 4.26. The molecule has 0 spiro atoms. The zero-order valence-corrected chi connectivity index (χ0v) is 19.6. The number of anilines is 1. The molecule has 5 nitrogen and oxygen atoms in total. The molecule has 0 radical (unpaired) electrons. The van der Waals surface area contributed by atoms with E-state index < -0.39 is 17.7 Å². The van der Waals surface area contributed by atoms with Gasteiger partial charge in [-0.1, -0.05) is 30.5 Å². The van der Waals surface area contributed by atoms with Gasteiger partial charge >= 0.3 is 6.09 Å². The highest BCUT2D eigenvalue weighted by Gasteiger charge is 2.21. The molecule has 0 bridgehead atoms. The molecule has 1 aliphatic heterocycles. The number of nitrogens with zero attached hydrogens (tertiary/aromatic N) is 1. The summed E-state index contributed by atoms with van der Waals surface area (Å²) < 4.78 is 32.8. The van der Waals surface area contributed by atoms with Crippen LogP contribution < -0.4 is 11.1 Å². The predicted octanol–water partition coefficient (Wildman–Crippen LogP) is 6.06. The molecule has 0 aliphatic carbocycles. The van der Waals surface area contributed by atoms with Crippen LogP contribution in [0.2, 0.25) is 5.02 Å². The maximum Gasteiger partial charge on any atom is 0.411 e. The summed E-state index contributed by atoms with van der Waals surface area (Å²) in [5.74, 6) is -0.716. The van der Waals surface area contributed by atoms with Gasteiger partial charge in [-0.15, -0.1) is 0 Å². The minimum absolute atomic E-state index is 0.0767. The molecule has 1 amide bonds. The van der Waals surface area contributed by atoms with Crippen LogP contribution in [0.25, 0.3) is 11.1 Å². The summed E-state index contributed by atoms with van der Waals surface area (Å²) in [4.78, 5) is 14.9. The van der Waals surface area contributed by atoms with E-state index in [4.69, 9.17) is 22.1 Å². The Kier molecular flexibility index (Phi) is 9.91. The molecule has 1 saturated heterocycles. The van der Waals surface area contributed by atoms with Gasteiger partial charge in [0, 0.05) is 5.56 Å². The molecular weight excluding hydrogens is 448 g/mol. The van der Waals surface area contributed by atoms with Crippen LogP contribution >= 0.6 is 11.6 Å². The fraction of sp³-hybridized carbons (Fsp3) is 0.480. The lowest BCUT2D eigenvalue weighted by Gasteiger charge is -2.31. The van der Waals surface area contributed by atoms with E-state index >= 15 is 0 Å². The van der Waals surface area contributed by atoms with E-state index in [1.807, 2.05) is 0 Å². The number of rotatable bonds is 10. The summed E-state index contributed by atoms with van der Waals surface area (Å²) in [6, 6.07) is 8.06. The second-order valence-electron chi connectivity index (χ2n) is 8.53. The minimum Gasteiger partial charge on any atom is -0.449 e. The van der Waals surface area contributed by atoms with Gasteiger partial charge in [0.05, 0.1) is 17.3 Å². The van der Waals surface area contributed by atoms with Gasteiger partial charge in [0.25, 0.3) is 0 Å². The average Bonchev–Trinajstić information content (AvgIpc) is 2.81. The topological polar surface area (TPSA) is 67.6 Å². The lowest BCUT2D eigenvalue weighted by atomic mass is 9.97. The minimum atomic E-state index is -0.599. The molecule has 2 aromatic rings. The molecule has 1 heterocycles. The van der Waals surface area contributed by atoms with Crippen molar-refractivity contribution in [3.63, 3.8) is 0 Å². The molecule has 1 aliphatic rings. The van der Waals surface area contributed by atoms with Crippen molar-refractivity contribution in [2.45, 2.75) is 38.5 Å². The quantitative estimate of drug-likeness (QED) is 0.406. The molecule has 3 N–H and O–H groups in total. The Bertz CT molecular complexity index is 921. The van der Waals surface area contributed by atoms with Gasteiger partial charge < -0.3 is 15.4 Å². The number of halogens is 3. The number of ether oxygens (including phenoxy) is 1. The third-order valence-corrected chi connectivity index (χ3v) is 6.32. The summed E-state index contributed by atoms with van der Waals surface area (Å²) >= 11 is 5.87. The van der Waals surface area contributed by atoms with Crippen molar-refractivity contribution in [3.05, 3.63) is 53.1 Å². The number of piperidine rings is 1. The van der Waals surface area contributed by atoms with E-state index in [0.717, 1.165) is 45.4 Å². The second-order valence-corrected chi connectivity index (χ2v) is 8.94. The number of benzene rings is 2. The maximum atomic E-state index is 13.8. The first-order valence-corrected chi connectivity index (χ1v) is 11.9. The van der Waals surface area contributed by atoms with Gasteiger partial charge in [0.1, 0.15) is 11.6 Å². The first-order valence-electron chi connectivity index (χ1n) is 11.6. The summed E-state index contributed by atoms with van der Waals surface area (Å²) in [6.45, 7) is 4.25. The van der Waals surface area contributed by atoms with E-state index in [2.05, 4.69) is 10.2 Å². The third-order valence-electron chi connectivity index (χ3n) is 6.03. The summed E-state index contributed by atoms with van der Waals surface area (Å²) in [5, 5.41) is 2.60. The van der Waals surface area contributed by atoms with Crippen LogP contribution in [0.4, 0.5) is 19.3 Å². The van der Waals surface area contributed by atoms with Crippen molar-refractivity contribution in [1.82, 2.24) is 4.90 Å². The van der Waals surface area contributed by atoms with Gasteiger partial charge in [-0.25, -0.2) is 13.6 Å². The lowest BCUT2D eigenvalue weighted by Crippen LogP contribution is -2.36. The Balaban J connectivity index is 1.47. The van der Waals surface area contributed by atoms with Crippen molar-refractivity contribution in [3.8, 4) is 11.1 Å². The van der Waals surface area contributed by atoms with E-state index in [1.54, 1.807) is 0 Å². The number of hydrogen-bond donors (Lipinski definition) is 2. The zero-order chi connectivity index (χ0) is 23.6. The van der Waals surface area contributed by atoms with Crippen molar-refractivity contribution in [2.75, 3.05) is 38.1 Å². The predicted molar refractivity (Wildman–Crippen MR) is 128 cm³/mol. The van der Waals surface area contributed by atoms with Crippen LogP contribution in [-0.4, -0.2) is 43.8 Å². The van der Waals surface area contributed by atoms with Gasteiger partial charge in [0.2, 0.25) is 0 Å². The van der Waals surface area contributed by atoms with Crippen molar-refractivity contribution in [1.29, 1.82) is 0 Å². The van der Waals surface area contributed by atoms with Crippen LogP contribution in [0.15, 0.2) is 36.4 Å². The van der Waals surface area contributed by atoms with Gasteiger partial charge in [-0.05, 0) is 93.7 Å². The van der Waals surface area contributed by atoms with Crippen LogP contribution in [0, 0.1) is 17.6 Å². The highest BCUT2D eigenvalue weighted by atomic mass is 35.5. The molecule has 0 atom stereocenters. The molecule has 0 unspecified atom stereocenters. The van der Waals surface area contributed by atoms with Crippen LogP contribution in [0.3, 0.4) is 0 Å². The van der Waals surface area contributed by atoms with Crippen LogP contribution in [0.5, 0.6) is 0 Å². The van der Waals surface area contributed by atoms with Gasteiger partial charge in [-0.2, -0.15) is 0 Å². The van der Waals surface area contributed by atoms with Gasteiger partial charge in [0.15, 0.2) is 0 Å². The Labute approximate surface area is 199 Å². The maximum absolute atomic E-state index is 13.8. The molecule has 33 heavy (non-hydrogen) atoms. The number of nitrogens with one attached hydrogen (secondary N) is 1. The molecular formula is C25H32ClF2N3O2. The Morgan fingerprint density at radius 3 is 2.58 bits per heavy atom. The average molecular weight is 480 g/mol. The third kappa shape index (κ3) is 7.95. The monoisotopic (exact) mass is 479 g/mol. The molecule has 180 valence electrons.